The lowest BCUT2D eigenvalue weighted by molar-refractivity contribution is 0.283. The highest BCUT2D eigenvalue weighted by atomic mass is 32.2. The Labute approximate surface area is 97.0 Å². The van der Waals surface area contributed by atoms with Crippen LogP contribution in [0, 0.1) is 0 Å². The lowest BCUT2D eigenvalue weighted by Crippen LogP contribution is -2.06. The van der Waals surface area contributed by atoms with Gasteiger partial charge in [0.25, 0.3) is 0 Å². The molecule has 16 heavy (non-hydrogen) atoms. The topological polar surface area (TPSA) is 54.4 Å². The van der Waals surface area contributed by atoms with Crippen molar-refractivity contribution in [1.29, 1.82) is 0 Å². The normalized spacial score (nSPS) is 11.6. The van der Waals surface area contributed by atoms with Crippen LogP contribution in [0.4, 0.5) is 0 Å². The second-order valence-electron chi connectivity index (χ2n) is 3.77. The average molecular weight is 242 g/mol. The predicted molar refractivity (Wildman–Crippen MR) is 64.0 cm³/mol. The van der Waals surface area contributed by atoms with Gasteiger partial charge in [-0.1, -0.05) is 31.0 Å². The summed E-state index contributed by atoms with van der Waals surface area (Å²) in [6.07, 6.45) is 3.16. The second kappa shape index (κ2) is 6.66. The third-order valence-corrected chi connectivity index (χ3v) is 4.24. The minimum atomic E-state index is -3.11. The molecule has 1 aromatic carbocycles. The molecular weight excluding hydrogens is 224 g/mol. The van der Waals surface area contributed by atoms with E-state index in [9.17, 15) is 8.42 Å². The van der Waals surface area contributed by atoms with Crippen LogP contribution in [-0.2, 0) is 9.84 Å². The van der Waals surface area contributed by atoms with Crippen LogP contribution in [0.25, 0.3) is 0 Å². The number of hydrogen-bond acceptors (Lipinski definition) is 3. The smallest absolute Gasteiger partial charge is 0.178 e. The van der Waals surface area contributed by atoms with Crippen molar-refractivity contribution in [3.63, 3.8) is 0 Å². The first-order valence-corrected chi connectivity index (χ1v) is 7.21. The summed E-state index contributed by atoms with van der Waals surface area (Å²) < 4.78 is 23.6. The van der Waals surface area contributed by atoms with Crippen molar-refractivity contribution in [2.75, 3.05) is 12.4 Å². The van der Waals surface area contributed by atoms with Gasteiger partial charge in [0.15, 0.2) is 9.84 Å². The maximum Gasteiger partial charge on any atom is 0.178 e. The Hall–Kier alpha value is -0.870. The first-order chi connectivity index (χ1) is 7.67. The van der Waals surface area contributed by atoms with Crippen molar-refractivity contribution in [2.24, 2.45) is 0 Å². The number of rotatable bonds is 7. The summed E-state index contributed by atoms with van der Waals surface area (Å²) in [5.74, 6) is 0.197. The van der Waals surface area contributed by atoms with Crippen LogP contribution in [0.3, 0.4) is 0 Å². The second-order valence-corrected chi connectivity index (χ2v) is 5.88. The molecule has 0 aromatic heterocycles. The Morgan fingerprint density at radius 3 is 2.19 bits per heavy atom. The van der Waals surface area contributed by atoms with Crippen LogP contribution < -0.4 is 0 Å². The van der Waals surface area contributed by atoms with E-state index in [1.807, 2.05) is 0 Å². The highest BCUT2D eigenvalue weighted by Gasteiger charge is 2.12. The lowest BCUT2D eigenvalue weighted by Gasteiger charge is -2.03. The van der Waals surface area contributed by atoms with E-state index in [2.05, 4.69) is 0 Å². The molecule has 0 saturated heterocycles. The van der Waals surface area contributed by atoms with Crippen LogP contribution in [0.15, 0.2) is 35.2 Å². The molecule has 0 fully saturated rings. The van der Waals surface area contributed by atoms with Gasteiger partial charge >= 0.3 is 0 Å². The SMILES string of the molecule is O=S(=O)(CCCCCCO)c1ccccc1. The van der Waals surface area contributed by atoms with Crippen molar-refractivity contribution < 1.29 is 13.5 Å². The van der Waals surface area contributed by atoms with E-state index in [0.717, 1.165) is 19.3 Å². The third-order valence-electron chi connectivity index (χ3n) is 2.42. The molecule has 0 atom stereocenters. The highest BCUT2D eigenvalue weighted by Crippen LogP contribution is 2.12. The number of aliphatic hydroxyl groups is 1. The fourth-order valence-corrected chi connectivity index (χ4v) is 2.89. The zero-order valence-corrected chi connectivity index (χ0v) is 10.1. The third kappa shape index (κ3) is 4.33. The summed E-state index contributed by atoms with van der Waals surface area (Å²) in [6.45, 7) is 0.186. The van der Waals surface area contributed by atoms with Crippen molar-refractivity contribution >= 4 is 9.84 Å². The Bertz CT molecular complexity index is 384. The maximum atomic E-state index is 11.8. The van der Waals surface area contributed by atoms with Crippen LogP contribution in [-0.4, -0.2) is 25.9 Å². The van der Waals surface area contributed by atoms with Crippen molar-refractivity contribution in [3.8, 4) is 0 Å². The van der Waals surface area contributed by atoms with Gasteiger partial charge < -0.3 is 5.11 Å². The van der Waals surface area contributed by atoms with Gasteiger partial charge in [-0.15, -0.1) is 0 Å². The molecule has 0 aliphatic carbocycles. The molecule has 0 aliphatic rings. The standard InChI is InChI=1S/C12H18O3S/c13-10-6-1-2-7-11-16(14,15)12-8-4-3-5-9-12/h3-5,8-9,13H,1-2,6-7,10-11H2. The first-order valence-electron chi connectivity index (χ1n) is 5.55. The summed E-state index contributed by atoms with van der Waals surface area (Å²) in [5, 5.41) is 8.59. The Morgan fingerprint density at radius 2 is 1.56 bits per heavy atom. The van der Waals surface area contributed by atoms with Crippen molar-refractivity contribution in [1.82, 2.24) is 0 Å². The van der Waals surface area contributed by atoms with Crippen LogP contribution in [0.1, 0.15) is 25.7 Å². The summed E-state index contributed by atoms with van der Waals surface area (Å²) in [4.78, 5) is 0.400. The predicted octanol–water partition coefficient (Wildman–Crippen LogP) is 2.01. The van der Waals surface area contributed by atoms with Crippen molar-refractivity contribution in [2.45, 2.75) is 30.6 Å². The Kier molecular flexibility index (Phi) is 5.49. The monoisotopic (exact) mass is 242 g/mol. The molecule has 0 heterocycles. The fourth-order valence-electron chi connectivity index (χ4n) is 1.50. The number of aliphatic hydroxyl groups excluding tert-OH is 1. The minimum Gasteiger partial charge on any atom is -0.396 e. The van der Waals surface area contributed by atoms with E-state index < -0.39 is 9.84 Å². The van der Waals surface area contributed by atoms with Gasteiger partial charge in [0.2, 0.25) is 0 Å². The number of sulfone groups is 1. The summed E-state index contributed by atoms with van der Waals surface area (Å²) in [6, 6.07) is 8.53. The van der Waals surface area contributed by atoms with Gasteiger partial charge in [0.05, 0.1) is 10.6 Å². The first kappa shape index (κ1) is 13.2. The molecule has 1 aromatic rings. The Balaban J connectivity index is 2.41. The van der Waals surface area contributed by atoms with Crippen LogP contribution in [0.5, 0.6) is 0 Å². The van der Waals surface area contributed by atoms with E-state index in [1.165, 1.54) is 0 Å². The zero-order valence-electron chi connectivity index (χ0n) is 9.30. The molecule has 0 aliphatic heterocycles. The van der Waals surface area contributed by atoms with Gasteiger partial charge in [0.1, 0.15) is 0 Å². The van der Waals surface area contributed by atoms with E-state index >= 15 is 0 Å². The number of unbranched alkanes of at least 4 members (excludes halogenated alkanes) is 3. The molecule has 0 radical (unpaired) electrons. The summed E-state index contributed by atoms with van der Waals surface area (Å²) in [7, 11) is -3.11. The molecule has 0 spiro atoms. The Morgan fingerprint density at radius 1 is 0.938 bits per heavy atom. The lowest BCUT2D eigenvalue weighted by atomic mass is 10.2. The average Bonchev–Trinajstić information content (AvgIpc) is 2.30. The quantitative estimate of drug-likeness (QED) is 0.744. The van der Waals surface area contributed by atoms with Gasteiger partial charge in [-0.05, 0) is 25.0 Å². The molecule has 0 amide bonds. The molecule has 4 heteroatoms. The molecular formula is C12H18O3S. The molecule has 90 valence electrons. The maximum absolute atomic E-state index is 11.8. The van der Waals surface area contributed by atoms with E-state index in [-0.39, 0.29) is 12.4 Å². The zero-order chi connectivity index (χ0) is 11.9. The molecule has 3 nitrogen and oxygen atoms in total. The van der Waals surface area contributed by atoms with Gasteiger partial charge in [0, 0.05) is 6.61 Å². The van der Waals surface area contributed by atoms with E-state index in [1.54, 1.807) is 30.3 Å². The molecule has 0 saturated carbocycles. The van der Waals surface area contributed by atoms with Gasteiger partial charge in [-0.2, -0.15) is 0 Å². The molecule has 1 rings (SSSR count). The van der Waals surface area contributed by atoms with Gasteiger partial charge in [-0.25, -0.2) is 8.42 Å². The largest absolute Gasteiger partial charge is 0.396 e. The van der Waals surface area contributed by atoms with Crippen LogP contribution >= 0.6 is 0 Å². The highest BCUT2D eigenvalue weighted by molar-refractivity contribution is 7.91. The fraction of sp³-hybridized carbons (Fsp3) is 0.500. The summed E-state index contributed by atoms with van der Waals surface area (Å²) in [5.41, 5.74) is 0. The summed E-state index contributed by atoms with van der Waals surface area (Å²) >= 11 is 0. The number of hydrogen-bond donors (Lipinski definition) is 1. The minimum absolute atomic E-state index is 0.186. The van der Waals surface area contributed by atoms with E-state index in [0.29, 0.717) is 11.3 Å². The molecule has 1 N–H and O–H groups in total. The van der Waals surface area contributed by atoms with Crippen molar-refractivity contribution in [3.05, 3.63) is 30.3 Å². The molecule has 0 bridgehead atoms. The van der Waals surface area contributed by atoms with E-state index in [4.69, 9.17) is 5.11 Å². The van der Waals surface area contributed by atoms with Crippen LogP contribution in [0.2, 0.25) is 0 Å². The molecule has 0 unspecified atom stereocenters. The number of benzene rings is 1. The van der Waals surface area contributed by atoms with Gasteiger partial charge in [-0.3, -0.25) is 0 Å².